The molecule has 1 aliphatic rings. The lowest BCUT2D eigenvalue weighted by Crippen LogP contribution is -2.46. The van der Waals surface area contributed by atoms with E-state index in [1.54, 1.807) is 11.1 Å². The molecule has 0 spiro atoms. The summed E-state index contributed by atoms with van der Waals surface area (Å²) < 4.78 is 18.4. The molecule has 1 aliphatic heterocycles. The van der Waals surface area contributed by atoms with Crippen LogP contribution in [-0.2, 0) is 10.3 Å². The van der Waals surface area contributed by atoms with Gasteiger partial charge in [-0.15, -0.1) is 0 Å². The van der Waals surface area contributed by atoms with E-state index in [1.807, 2.05) is 19.9 Å². The van der Waals surface area contributed by atoms with Crippen LogP contribution in [0.5, 0.6) is 5.75 Å². The number of carbonyl (C=O) groups excluding carboxylic acids is 1. The number of nitrogens with zero attached hydrogens (tertiary/aromatic N) is 3. The van der Waals surface area contributed by atoms with E-state index in [2.05, 4.69) is 9.97 Å². The van der Waals surface area contributed by atoms with Gasteiger partial charge in [0.05, 0.1) is 5.54 Å². The molecule has 0 aliphatic carbocycles. The van der Waals surface area contributed by atoms with Crippen molar-refractivity contribution in [3.8, 4) is 5.75 Å². The monoisotopic (exact) mass is 329 g/mol. The number of rotatable bonds is 4. The molecular formula is C18H20FN3O2. The predicted molar refractivity (Wildman–Crippen MR) is 87.0 cm³/mol. The zero-order valence-corrected chi connectivity index (χ0v) is 13.8. The molecule has 1 aromatic carbocycles. The third-order valence-electron chi connectivity index (χ3n) is 4.39. The van der Waals surface area contributed by atoms with Crippen molar-refractivity contribution in [3.63, 3.8) is 0 Å². The van der Waals surface area contributed by atoms with Crippen molar-refractivity contribution in [1.82, 2.24) is 14.9 Å². The van der Waals surface area contributed by atoms with Gasteiger partial charge in [0.15, 0.2) is 12.4 Å². The fourth-order valence-corrected chi connectivity index (χ4v) is 3.06. The molecule has 3 rings (SSSR count). The highest BCUT2D eigenvalue weighted by molar-refractivity contribution is 5.79. The highest BCUT2D eigenvalue weighted by Gasteiger charge is 2.43. The number of amides is 1. The Morgan fingerprint density at radius 3 is 2.79 bits per heavy atom. The van der Waals surface area contributed by atoms with Crippen molar-refractivity contribution in [2.75, 3.05) is 13.2 Å². The number of aromatic nitrogens is 2. The van der Waals surface area contributed by atoms with Crippen LogP contribution in [0, 0.1) is 12.7 Å². The van der Waals surface area contributed by atoms with Gasteiger partial charge in [-0.25, -0.2) is 14.4 Å². The van der Waals surface area contributed by atoms with E-state index in [-0.39, 0.29) is 18.3 Å². The average Bonchev–Trinajstić information content (AvgIpc) is 2.97. The maximum atomic E-state index is 12.9. The van der Waals surface area contributed by atoms with Gasteiger partial charge in [-0.3, -0.25) is 4.79 Å². The van der Waals surface area contributed by atoms with Crippen LogP contribution in [0.25, 0.3) is 0 Å². The number of hydrogen-bond acceptors (Lipinski definition) is 4. The first-order valence-corrected chi connectivity index (χ1v) is 7.98. The standard InChI is InChI=1S/C18H20FN3O2/c1-13-8-10-20-17(21-13)18(2)9-3-11-22(18)16(23)12-24-15-6-4-14(19)5-7-15/h4-8,10H,3,9,11-12H2,1-2H3/t18-/m1/s1. The van der Waals surface area contributed by atoms with E-state index in [0.29, 0.717) is 18.1 Å². The number of ether oxygens (including phenoxy) is 1. The number of hydrogen-bond donors (Lipinski definition) is 0. The van der Waals surface area contributed by atoms with Gasteiger partial charge in [0.25, 0.3) is 5.91 Å². The Morgan fingerprint density at radius 1 is 1.33 bits per heavy atom. The molecule has 2 heterocycles. The third kappa shape index (κ3) is 3.22. The molecule has 1 atom stereocenters. The van der Waals surface area contributed by atoms with Crippen molar-refractivity contribution >= 4 is 5.91 Å². The summed E-state index contributed by atoms with van der Waals surface area (Å²) in [6, 6.07) is 7.47. The lowest BCUT2D eigenvalue weighted by molar-refractivity contribution is -0.137. The number of likely N-dealkylation sites (tertiary alicyclic amines) is 1. The lowest BCUT2D eigenvalue weighted by atomic mass is 9.97. The topological polar surface area (TPSA) is 55.3 Å². The van der Waals surface area contributed by atoms with Crippen molar-refractivity contribution in [1.29, 1.82) is 0 Å². The van der Waals surface area contributed by atoms with Crippen LogP contribution in [0.4, 0.5) is 4.39 Å². The van der Waals surface area contributed by atoms with Crippen molar-refractivity contribution in [2.45, 2.75) is 32.2 Å². The Morgan fingerprint density at radius 2 is 2.08 bits per heavy atom. The molecule has 6 heteroatoms. The molecule has 126 valence electrons. The summed E-state index contributed by atoms with van der Waals surface area (Å²) in [4.78, 5) is 23.3. The van der Waals surface area contributed by atoms with E-state index < -0.39 is 5.54 Å². The van der Waals surface area contributed by atoms with Crippen LogP contribution < -0.4 is 4.74 Å². The summed E-state index contributed by atoms with van der Waals surface area (Å²) in [5.41, 5.74) is 0.359. The Kier molecular flexibility index (Phi) is 4.46. The lowest BCUT2D eigenvalue weighted by Gasteiger charge is -2.33. The van der Waals surface area contributed by atoms with Crippen LogP contribution in [0.3, 0.4) is 0 Å². The Labute approximate surface area is 140 Å². The zero-order chi connectivity index (χ0) is 17.2. The predicted octanol–water partition coefficient (Wildman–Crippen LogP) is 2.84. The van der Waals surface area contributed by atoms with Gasteiger partial charge in [0.1, 0.15) is 11.6 Å². The fraction of sp³-hybridized carbons (Fsp3) is 0.389. The second kappa shape index (κ2) is 6.55. The summed E-state index contributed by atoms with van der Waals surface area (Å²) in [6.07, 6.45) is 3.44. The molecule has 5 nitrogen and oxygen atoms in total. The van der Waals surface area contributed by atoms with Crippen LogP contribution >= 0.6 is 0 Å². The van der Waals surface area contributed by atoms with Gasteiger partial charge >= 0.3 is 0 Å². The minimum Gasteiger partial charge on any atom is -0.484 e. The SMILES string of the molecule is Cc1ccnc([C@@]2(C)CCCN2C(=O)COc2ccc(F)cc2)n1. The molecular weight excluding hydrogens is 309 g/mol. The summed E-state index contributed by atoms with van der Waals surface area (Å²) >= 11 is 0. The quantitative estimate of drug-likeness (QED) is 0.865. The number of carbonyl (C=O) groups is 1. The molecule has 2 aromatic rings. The van der Waals surface area contributed by atoms with Gasteiger partial charge in [-0.1, -0.05) is 0 Å². The Bertz CT molecular complexity index is 735. The van der Waals surface area contributed by atoms with Crippen LogP contribution in [0.1, 0.15) is 31.3 Å². The summed E-state index contributed by atoms with van der Waals surface area (Å²) in [6.45, 7) is 4.46. The zero-order valence-electron chi connectivity index (χ0n) is 13.8. The largest absolute Gasteiger partial charge is 0.484 e. The number of aryl methyl sites for hydroxylation is 1. The third-order valence-corrected chi connectivity index (χ3v) is 4.39. The maximum Gasteiger partial charge on any atom is 0.261 e. The molecule has 0 radical (unpaired) electrons. The molecule has 1 fully saturated rings. The second-order valence-electron chi connectivity index (χ2n) is 6.19. The van der Waals surface area contributed by atoms with E-state index in [4.69, 9.17) is 4.74 Å². The average molecular weight is 329 g/mol. The second-order valence-corrected chi connectivity index (χ2v) is 6.19. The smallest absolute Gasteiger partial charge is 0.261 e. The first kappa shape index (κ1) is 16.4. The summed E-state index contributed by atoms with van der Waals surface area (Å²) in [7, 11) is 0. The number of benzene rings is 1. The van der Waals surface area contributed by atoms with Gasteiger partial charge in [-0.05, 0) is 57.0 Å². The van der Waals surface area contributed by atoms with Crippen LogP contribution in [0.2, 0.25) is 0 Å². The highest BCUT2D eigenvalue weighted by Crippen LogP contribution is 2.36. The van der Waals surface area contributed by atoms with E-state index >= 15 is 0 Å². The van der Waals surface area contributed by atoms with Gasteiger partial charge in [0.2, 0.25) is 0 Å². The van der Waals surface area contributed by atoms with Crippen molar-refractivity contribution < 1.29 is 13.9 Å². The molecule has 1 amide bonds. The first-order chi connectivity index (χ1) is 11.5. The number of halogens is 1. The molecule has 0 saturated carbocycles. The molecule has 0 N–H and O–H groups in total. The maximum absolute atomic E-state index is 12.9. The Balaban J connectivity index is 1.72. The fourth-order valence-electron chi connectivity index (χ4n) is 3.06. The van der Waals surface area contributed by atoms with Gasteiger partial charge in [-0.2, -0.15) is 0 Å². The Hall–Kier alpha value is -2.50. The minimum atomic E-state index is -0.519. The van der Waals surface area contributed by atoms with Gasteiger partial charge < -0.3 is 9.64 Å². The summed E-state index contributed by atoms with van der Waals surface area (Å²) in [5.74, 6) is 0.675. The van der Waals surface area contributed by atoms with Crippen molar-refractivity contribution in [2.24, 2.45) is 0 Å². The van der Waals surface area contributed by atoms with E-state index in [1.165, 1.54) is 24.3 Å². The van der Waals surface area contributed by atoms with Gasteiger partial charge in [0, 0.05) is 18.4 Å². The van der Waals surface area contributed by atoms with Crippen LogP contribution in [-0.4, -0.2) is 33.9 Å². The molecule has 0 unspecified atom stereocenters. The molecule has 24 heavy (non-hydrogen) atoms. The van der Waals surface area contributed by atoms with E-state index in [9.17, 15) is 9.18 Å². The molecule has 0 bridgehead atoms. The van der Waals surface area contributed by atoms with Crippen molar-refractivity contribution in [3.05, 3.63) is 53.9 Å². The first-order valence-electron chi connectivity index (χ1n) is 7.98. The van der Waals surface area contributed by atoms with E-state index in [0.717, 1.165) is 18.5 Å². The minimum absolute atomic E-state index is 0.0902. The van der Waals surface area contributed by atoms with Crippen LogP contribution in [0.15, 0.2) is 36.5 Å². The molecule has 1 saturated heterocycles. The molecule has 1 aromatic heterocycles. The highest BCUT2D eigenvalue weighted by atomic mass is 19.1. The summed E-state index contributed by atoms with van der Waals surface area (Å²) in [5, 5.41) is 0. The normalized spacial score (nSPS) is 20.2.